The molecule has 0 saturated carbocycles. The molecule has 2 rings (SSSR count). The number of benzene rings is 2. The molecule has 2 aromatic rings. The highest BCUT2D eigenvalue weighted by atomic mass is 16.6. The molecule has 0 unspecified atom stereocenters. The zero-order valence-corrected chi connectivity index (χ0v) is 15.2. The fourth-order valence-corrected chi connectivity index (χ4v) is 2.38. The van der Waals surface area contributed by atoms with Crippen molar-refractivity contribution < 1.29 is 24.8 Å². The maximum atomic E-state index is 12.0. The van der Waals surface area contributed by atoms with Gasteiger partial charge in [-0.25, -0.2) is 9.59 Å². The van der Waals surface area contributed by atoms with Crippen LogP contribution < -0.4 is 16.4 Å². The molecule has 1 atom stereocenters. The number of nitrogens with one attached hydrogen (secondary N) is 2. The monoisotopic (exact) mass is 372 g/mol. The van der Waals surface area contributed by atoms with E-state index in [4.69, 9.17) is 9.47 Å². The van der Waals surface area contributed by atoms with Crippen LogP contribution in [0, 0.1) is 0 Å². The largest absolute Gasteiger partial charge is 0.445 e. The molecule has 2 amide bonds. The normalized spacial score (nSPS) is 11.3. The Bertz CT molecular complexity index is 695. The van der Waals surface area contributed by atoms with Gasteiger partial charge in [0, 0.05) is 13.0 Å². The number of carbonyl (C=O) groups is 2. The van der Waals surface area contributed by atoms with Gasteiger partial charge in [-0.1, -0.05) is 60.7 Å². The van der Waals surface area contributed by atoms with Crippen molar-refractivity contribution in [3.8, 4) is 0 Å². The first-order valence-electron chi connectivity index (χ1n) is 8.88. The summed E-state index contributed by atoms with van der Waals surface area (Å²) in [6.45, 7) is 1.24. The van der Waals surface area contributed by atoms with E-state index in [-0.39, 0.29) is 25.8 Å². The maximum absolute atomic E-state index is 12.0. The van der Waals surface area contributed by atoms with Gasteiger partial charge in [0.1, 0.15) is 13.2 Å². The van der Waals surface area contributed by atoms with Gasteiger partial charge in [0.2, 0.25) is 0 Å². The second-order valence-corrected chi connectivity index (χ2v) is 5.99. The molecule has 0 spiro atoms. The molecule has 7 nitrogen and oxygen atoms in total. The summed E-state index contributed by atoms with van der Waals surface area (Å²) in [4.78, 5) is 23.8. The van der Waals surface area contributed by atoms with E-state index in [1.165, 1.54) is 0 Å². The van der Waals surface area contributed by atoms with Gasteiger partial charge in [0.05, 0.1) is 12.6 Å². The summed E-state index contributed by atoms with van der Waals surface area (Å²) in [5.41, 5.74) is 5.61. The highest BCUT2D eigenvalue weighted by Crippen LogP contribution is 2.02. The first kappa shape index (κ1) is 20.3. The van der Waals surface area contributed by atoms with Gasteiger partial charge in [-0.2, -0.15) is 0 Å². The minimum atomic E-state index is -0.535. The summed E-state index contributed by atoms with van der Waals surface area (Å²) in [5.74, 6) is 0. The third-order valence-electron chi connectivity index (χ3n) is 3.79. The lowest BCUT2D eigenvalue weighted by Crippen LogP contribution is -2.54. The van der Waals surface area contributed by atoms with E-state index in [9.17, 15) is 9.59 Å². The van der Waals surface area contributed by atoms with Crippen LogP contribution in [0.25, 0.3) is 0 Å². The van der Waals surface area contributed by atoms with Crippen LogP contribution in [0.15, 0.2) is 60.7 Å². The topological polar surface area (TPSA) is 104 Å². The Labute approximate surface area is 158 Å². The average molecular weight is 372 g/mol. The maximum Gasteiger partial charge on any atom is 0.407 e. The Morgan fingerprint density at radius 1 is 0.852 bits per heavy atom. The molecule has 0 aliphatic heterocycles. The molecule has 0 aliphatic carbocycles. The van der Waals surface area contributed by atoms with E-state index in [2.05, 4.69) is 16.4 Å². The van der Waals surface area contributed by atoms with Crippen molar-refractivity contribution in [2.24, 2.45) is 0 Å². The van der Waals surface area contributed by atoms with Crippen molar-refractivity contribution in [3.05, 3.63) is 71.8 Å². The zero-order valence-electron chi connectivity index (χ0n) is 15.2. The van der Waals surface area contributed by atoms with Gasteiger partial charge < -0.3 is 25.8 Å². The minimum Gasteiger partial charge on any atom is -0.445 e. The number of amides is 2. The van der Waals surface area contributed by atoms with Crippen LogP contribution in [-0.2, 0) is 22.7 Å². The molecular weight excluding hydrogens is 346 g/mol. The van der Waals surface area contributed by atoms with E-state index in [1.54, 1.807) is 0 Å². The van der Waals surface area contributed by atoms with Crippen LogP contribution in [-0.4, -0.2) is 31.3 Å². The van der Waals surface area contributed by atoms with Gasteiger partial charge in [0.15, 0.2) is 0 Å². The molecule has 0 bridgehead atoms. The van der Waals surface area contributed by atoms with E-state index in [1.807, 2.05) is 60.7 Å². The van der Waals surface area contributed by atoms with Gasteiger partial charge in [-0.3, -0.25) is 0 Å². The van der Waals surface area contributed by atoms with Crippen molar-refractivity contribution in [1.29, 1.82) is 0 Å². The van der Waals surface area contributed by atoms with Crippen LogP contribution in [0.2, 0.25) is 0 Å². The van der Waals surface area contributed by atoms with Crippen LogP contribution in [0.4, 0.5) is 9.59 Å². The molecule has 2 aromatic carbocycles. The number of hydrogen-bond acceptors (Lipinski definition) is 4. The van der Waals surface area contributed by atoms with Crippen molar-refractivity contribution in [2.45, 2.75) is 25.7 Å². The van der Waals surface area contributed by atoms with Crippen molar-refractivity contribution in [1.82, 2.24) is 10.6 Å². The average Bonchev–Trinajstić information content (AvgIpc) is 2.70. The van der Waals surface area contributed by atoms with E-state index in [0.29, 0.717) is 13.0 Å². The number of alkyl carbamates (subject to hydrolysis) is 2. The van der Waals surface area contributed by atoms with E-state index in [0.717, 1.165) is 11.1 Å². The second kappa shape index (κ2) is 11.5. The lowest BCUT2D eigenvalue weighted by molar-refractivity contribution is -0.369. The van der Waals surface area contributed by atoms with Crippen molar-refractivity contribution in [2.75, 3.05) is 13.1 Å². The van der Waals surface area contributed by atoms with Gasteiger partial charge >= 0.3 is 12.2 Å². The number of hydrogen-bond donors (Lipinski definition) is 3. The Morgan fingerprint density at radius 3 is 1.89 bits per heavy atom. The smallest absolute Gasteiger partial charge is 0.407 e. The molecule has 144 valence electrons. The van der Waals surface area contributed by atoms with E-state index < -0.39 is 12.2 Å². The minimum absolute atomic E-state index is 0.191. The van der Waals surface area contributed by atoms with Gasteiger partial charge in [-0.15, -0.1) is 0 Å². The van der Waals surface area contributed by atoms with Crippen molar-refractivity contribution in [3.63, 3.8) is 0 Å². The Hall–Kier alpha value is -3.06. The molecule has 0 aromatic heterocycles. The standard InChI is InChI=1S/C20H25N3O4/c21-12-11-18(23-20(25)27-15-17-9-5-2-6-10-17)13-22-19(24)26-14-16-7-3-1-4-8-16/h1-10,18H,11-15,21H2,(H,22,24)(H,23,25)/p+1/t18-/m0/s1. The summed E-state index contributed by atoms with van der Waals surface area (Å²) in [6, 6.07) is 18.6. The van der Waals surface area contributed by atoms with Gasteiger partial charge in [0.25, 0.3) is 0 Å². The summed E-state index contributed by atoms with van der Waals surface area (Å²) < 4.78 is 10.4. The van der Waals surface area contributed by atoms with Crippen LogP contribution in [0.5, 0.6) is 0 Å². The van der Waals surface area contributed by atoms with Crippen LogP contribution >= 0.6 is 0 Å². The highest BCUT2D eigenvalue weighted by Gasteiger charge is 2.15. The molecule has 27 heavy (non-hydrogen) atoms. The number of carbonyl (C=O) groups excluding carboxylic acids is 2. The number of quaternary nitrogens is 1. The van der Waals surface area contributed by atoms with E-state index >= 15 is 0 Å². The summed E-state index contributed by atoms with van der Waals surface area (Å²) in [7, 11) is 0. The second-order valence-electron chi connectivity index (χ2n) is 5.99. The molecule has 0 aliphatic rings. The molecule has 0 radical (unpaired) electrons. The third-order valence-corrected chi connectivity index (χ3v) is 3.79. The molecule has 0 saturated heterocycles. The first-order chi connectivity index (χ1) is 13.2. The fraction of sp³-hybridized carbons (Fsp3) is 0.300. The predicted octanol–water partition coefficient (Wildman–Crippen LogP) is 1.84. The van der Waals surface area contributed by atoms with Crippen molar-refractivity contribution >= 4 is 12.2 Å². The predicted molar refractivity (Wildman–Crippen MR) is 101 cm³/mol. The number of rotatable bonds is 9. The fourth-order valence-electron chi connectivity index (χ4n) is 2.38. The Balaban J connectivity index is 1.70. The lowest BCUT2D eigenvalue weighted by Gasteiger charge is -2.18. The molecule has 5 N–H and O–H groups in total. The summed E-state index contributed by atoms with van der Waals surface area (Å²) in [5, 5.41) is 5.40. The lowest BCUT2D eigenvalue weighted by atomic mass is 10.2. The molecule has 0 heterocycles. The SMILES string of the molecule is [NH3+]CC[C@@H](CNC(=O)OCc1ccccc1)NC(=O)OCc1ccccc1. The zero-order chi connectivity index (χ0) is 19.3. The highest BCUT2D eigenvalue weighted by molar-refractivity contribution is 5.69. The van der Waals surface area contributed by atoms with Gasteiger partial charge in [-0.05, 0) is 11.1 Å². The Morgan fingerprint density at radius 2 is 1.37 bits per heavy atom. The number of ether oxygens (including phenoxy) is 2. The van der Waals surface area contributed by atoms with Crippen LogP contribution in [0.3, 0.4) is 0 Å². The summed E-state index contributed by atoms with van der Waals surface area (Å²) in [6.07, 6.45) is -0.455. The molecule has 0 fully saturated rings. The Kier molecular flexibility index (Phi) is 8.65. The third kappa shape index (κ3) is 8.24. The van der Waals surface area contributed by atoms with Crippen LogP contribution in [0.1, 0.15) is 17.5 Å². The molecular formula is C20H26N3O4+. The quantitative estimate of drug-likeness (QED) is 0.625. The summed E-state index contributed by atoms with van der Waals surface area (Å²) >= 11 is 0. The first-order valence-corrected chi connectivity index (χ1v) is 8.88. The molecule has 7 heteroatoms.